The highest BCUT2D eigenvalue weighted by Crippen LogP contribution is 2.25. The van der Waals surface area contributed by atoms with E-state index in [1.165, 1.54) is 19.3 Å². The van der Waals surface area contributed by atoms with E-state index in [2.05, 4.69) is 25.8 Å². The fourth-order valence-electron chi connectivity index (χ4n) is 3.05. The molecular formula is C18H30N2O2. The normalized spacial score (nSPS) is 16.8. The summed E-state index contributed by atoms with van der Waals surface area (Å²) in [5, 5.41) is 0. The van der Waals surface area contributed by atoms with Crippen molar-refractivity contribution in [1.82, 2.24) is 9.88 Å². The Morgan fingerprint density at radius 3 is 2.45 bits per heavy atom. The maximum absolute atomic E-state index is 12.4. The molecule has 0 radical (unpaired) electrons. The Hall–Kier alpha value is -1.32. The second-order valence-electron chi connectivity index (χ2n) is 7.57. The highest BCUT2D eigenvalue weighted by atomic mass is 16.4. The summed E-state index contributed by atoms with van der Waals surface area (Å²) in [4.78, 5) is 18.9. The Bertz CT molecular complexity index is 508. The summed E-state index contributed by atoms with van der Waals surface area (Å²) in [7, 11) is 1.95. The van der Waals surface area contributed by atoms with Crippen LogP contribution in [-0.2, 0) is 16.6 Å². The van der Waals surface area contributed by atoms with Crippen molar-refractivity contribution in [2.24, 2.45) is 0 Å². The number of hydrogen-bond acceptors (Lipinski definition) is 3. The number of carbonyl (C=O) groups is 1. The fourth-order valence-corrected chi connectivity index (χ4v) is 3.05. The number of aryl methyl sites for hydroxylation is 2. The molecule has 124 valence electrons. The summed E-state index contributed by atoms with van der Waals surface area (Å²) in [6, 6.07) is 0.433. The van der Waals surface area contributed by atoms with Gasteiger partial charge in [0.1, 0.15) is 5.76 Å². The number of aromatic nitrogens is 1. The van der Waals surface area contributed by atoms with E-state index in [0.29, 0.717) is 18.9 Å². The van der Waals surface area contributed by atoms with Crippen LogP contribution in [0.2, 0.25) is 0 Å². The van der Waals surface area contributed by atoms with Crippen LogP contribution in [-0.4, -0.2) is 28.9 Å². The molecule has 0 atom stereocenters. The largest absolute Gasteiger partial charge is 0.445 e. The first kappa shape index (κ1) is 17.0. The van der Waals surface area contributed by atoms with Crippen molar-refractivity contribution in [3.63, 3.8) is 0 Å². The van der Waals surface area contributed by atoms with E-state index in [1.54, 1.807) is 0 Å². The van der Waals surface area contributed by atoms with E-state index in [4.69, 9.17) is 4.42 Å². The molecule has 0 aliphatic heterocycles. The molecule has 1 aromatic rings. The number of nitrogens with zero attached hydrogens (tertiary/aromatic N) is 2. The molecule has 0 saturated heterocycles. The van der Waals surface area contributed by atoms with E-state index >= 15 is 0 Å². The number of oxazole rings is 1. The molecule has 2 rings (SSSR count). The van der Waals surface area contributed by atoms with Crippen LogP contribution in [0.1, 0.15) is 76.6 Å². The Labute approximate surface area is 134 Å². The lowest BCUT2D eigenvalue weighted by Crippen LogP contribution is -2.38. The van der Waals surface area contributed by atoms with Gasteiger partial charge in [-0.1, -0.05) is 40.0 Å². The van der Waals surface area contributed by atoms with Crippen LogP contribution in [0.5, 0.6) is 0 Å². The fraction of sp³-hybridized carbons (Fsp3) is 0.778. The number of hydrogen-bond donors (Lipinski definition) is 0. The zero-order chi connectivity index (χ0) is 16.3. The van der Waals surface area contributed by atoms with Gasteiger partial charge in [0.25, 0.3) is 0 Å². The van der Waals surface area contributed by atoms with Gasteiger partial charge in [-0.05, 0) is 19.8 Å². The number of carbonyl (C=O) groups excluding carboxylic acids is 1. The monoisotopic (exact) mass is 306 g/mol. The first-order valence-electron chi connectivity index (χ1n) is 8.51. The molecule has 1 aliphatic rings. The Morgan fingerprint density at radius 1 is 1.27 bits per heavy atom. The smallest absolute Gasteiger partial charge is 0.223 e. The lowest BCUT2D eigenvalue weighted by molar-refractivity contribution is -0.132. The number of rotatable bonds is 4. The van der Waals surface area contributed by atoms with Crippen molar-refractivity contribution >= 4 is 5.91 Å². The van der Waals surface area contributed by atoms with Crippen molar-refractivity contribution in [2.45, 2.75) is 84.1 Å². The zero-order valence-electron chi connectivity index (χ0n) is 14.7. The maximum Gasteiger partial charge on any atom is 0.223 e. The summed E-state index contributed by atoms with van der Waals surface area (Å²) in [5.41, 5.74) is 0.823. The molecule has 4 nitrogen and oxygen atoms in total. The molecule has 1 aliphatic carbocycles. The second kappa shape index (κ2) is 6.84. The van der Waals surface area contributed by atoms with Gasteiger partial charge in [-0.15, -0.1) is 0 Å². The van der Waals surface area contributed by atoms with E-state index in [1.807, 2.05) is 18.9 Å². The molecular weight excluding hydrogens is 276 g/mol. The Morgan fingerprint density at radius 2 is 1.91 bits per heavy atom. The SMILES string of the molecule is Cc1nc(C(C)(C)C)oc1CCC(=O)N(C)C1CCCCC1. The summed E-state index contributed by atoms with van der Waals surface area (Å²) < 4.78 is 5.87. The van der Waals surface area contributed by atoms with Gasteiger partial charge in [0, 0.05) is 31.3 Å². The van der Waals surface area contributed by atoms with E-state index in [-0.39, 0.29) is 11.3 Å². The summed E-state index contributed by atoms with van der Waals surface area (Å²) in [6.45, 7) is 8.22. The van der Waals surface area contributed by atoms with Crippen molar-refractivity contribution in [3.05, 3.63) is 17.3 Å². The molecule has 0 N–H and O–H groups in total. The van der Waals surface area contributed by atoms with E-state index < -0.39 is 0 Å². The lowest BCUT2D eigenvalue weighted by atomic mass is 9.94. The highest BCUT2D eigenvalue weighted by Gasteiger charge is 2.24. The average molecular weight is 306 g/mol. The van der Waals surface area contributed by atoms with Crippen LogP contribution in [0.15, 0.2) is 4.42 Å². The molecule has 1 saturated carbocycles. The molecule has 1 amide bonds. The molecule has 0 spiro atoms. The van der Waals surface area contributed by atoms with Crippen molar-refractivity contribution in [2.75, 3.05) is 7.05 Å². The molecule has 0 unspecified atom stereocenters. The molecule has 0 bridgehead atoms. The molecule has 1 heterocycles. The molecule has 0 aromatic carbocycles. The molecule has 1 aromatic heterocycles. The van der Waals surface area contributed by atoms with Crippen molar-refractivity contribution in [1.29, 1.82) is 0 Å². The Kier molecular flexibility index (Phi) is 5.30. The third-order valence-electron chi connectivity index (χ3n) is 4.62. The van der Waals surface area contributed by atoms with Crippen molar-refractivity contribution in [3.8, 4) is 0 Å². The Balaban J connectivity index is 1.92. The first-order chi connectivity index (χ1) is 10.3. The molecule has 22 heavy (non-hydrogen) atoms. The van der Waals surface area contributed by atoms with Gasteiger partial charge < -0.3 is 9.32 Å². The van der Waals surface area contributed by atoms with Gasteiger partial charge >= 0.3 is 0 Å². The van der Waals surface area contributed by atoms with Gasteiger partial charge in [-0.25, -0.2) is 4.98 Å². The van der Waals surface area contributed by atoms with Crippen LogP contribution in [0, 0.1) is 6.92 Å². The van der Waals surface area contributed by atoms with E-state index in [9.17, 15) is 4.79 Å². The average Bonchev–Trinajstić information content (AvgIpc) is 2.86. The minimum atomic E-state index is -0.0914. The van der Waals surface area contributed by atoms with Crippen LogP contribution >= 0.6 is 0 Å². The van der Waals surface area contributed by atoms with Crippen molar-refractivity contribution < 1.29 is 9.21 Å². The predicted octanol–water partition coefficient (Wildman–Crippen LogP) is 4.00. The summed E-state index contributed by atoms with van der Waals surface area (Å²) in [5.74, 6) is 1.84. The topological polar surface area (TPSA) is 46.3 Å². The molecule has 4 heteroatoms. The van der Waals surface area contributed by atoms with Crippen LogP contribution in [0.3, 0.4) is 0 Å². The van der Waals surface area contributed by atoms with Gasteiger partial charge in [-0.2, -0.15) is 0 Å². The van der Waals surface area contributed by atoms with Crippen LogP contribution in [0.25, 0.3) is 0 Å². The third kappa shape index (κ3) is 4.11. The second-order valence-corrected chi connectivity index (χ2v) is 7.57. The lowest BCUT2D eigenvalue weighted by Gasteiger charge is -2.31. The highest BCUT2D eigenvalue weighted by molar-refractivity contribution is 5.76. The maximum atomic E-state index is 12.4. The van der Waals surface area contributed by atoms with Gasteiger partial charge in [0.15, 0.2) is 5.89 Å². The zero-order valence-corrected chi connectivity index (χ0v) is 14.7. The molecule has 1 fully saturated rings. The summed E-state index contributed by atoms with van der Waals surface area (Å²) in [6.07, 6.45) is 7.26. The predicted molar refractivity (Wildman–Crippen MR) is 87.9 cm³/mol. The number of amides is 1. The summed E-state index contributed by atoms with van der Waals surface area (Å²) >= 11 is 0. The minimum Gasteiger partial charge on any atom is -0.445 e. The first-order valence-corrected chi connectivity index (χ1v) is 8.51. The van der Waals surface area contributed by atoms with Crippen LogP contribution < -0.4 is 0 Å². The van der Waals surface area contributed by atoms with Crippen LogP contribution in [0.4, 0.5) is 0 Å². The standard InChI is InChI=1S/C18H30N2O2/c1-13-15(22-17(19-13)18(2,3)4)11-12-16(21)20(5)14-9-7-6-8-10-14/h14H,6-12H2,1-5H3. The quantitative estimate of drug-likeness (QED) is 0.844. The van der Waals surface area contributed by atoms with E-state index in [0.717, 1.165) is 30.2 Å². The van der Waals surface area contributed by atoms with Gasteiger partial charge in [-0.3, -0.25) is 4.79 Å². The van der Waals surface area contributed by atoms with Gasteiger partial charge in [0.2, 0.25) is 5.91 Å². The van der Waals surface area contributed by atoms with Gasteiger partial charge in [0.05, 0.1) is 5.69 Å². The third-order valence-corrected chi connectivity index (χ3v) is 4.62. The minimum absolute atomic E-state index is 0.0914.